The molecule has 1 aliphatic rings. The van der Waals surface area contributed by atoms with Crippen molar-refractivity contribution in [3.63, 3.8) is 0 Å². The number of hydrogen-bond acceptors (Lipinski definition) is 6. The Labute approximate surface area is 260 Å². The number of esters is 1. The van der Waals surface area contributed by atoms with E-state index in [4.69, 9.17) is 18.9 Å². The van der Waals surface area contributed by atoms with Crippen LogP contribution in [0.2, 0.25) is 0 Å². The standard InChI is InChI=1S/C36H44FNO6/c1-9-42-32(39)17-30(38-35(40)44-36(6,7)8)29-15-27(14-24(5)34(29)37)33-23(4)13-26(28-19-41-20-28)16-31(33)43-18-25-11-10-21(2)22(3)12-25/h10-16,28,30H,9,17-20H2,1-8H3,(H,38,40)/t30-/m0/s1. The van der Waals surface area contributed by atoms with Gasteiger partial charge in [0.25, 0.3) is 0 Å². The number of carbonyl (C=O) groups excluding carboxylic acids is 2. The van der Waals surface area contributed by atoms with Gasteiger partial charge in [-0.2, -0.15) is 0 Å². The lowest BCUT2D eigenvalue weighted by molar-refractivity contribution is -0.143. The van der Waals surface area contributed by atoms with Gasteiger partial charge in [0.2, 0.25) is 0 Å². The van der Waals surface area contributed by atoms with E-state index in [9.17, 15) is 9.59 Å². The van der Waals surface area contributed by atoms with Crippen LogP contribution in [0.3, 0.4) is 0 Å². The first-order chi connectivity index (χ1) is 20.8. The molecule has 0 spiro atoms. The number of aryl methyl sites for hydroxylation is 4. The summed E-state index contributed by atoms with van der Waals surface area (Å²) in [5.74, 6) is -0.123. The van der Waals surface area contributed by atoms with Gasteiger partial charge in [-0.1, -0.05) is 24.3 Å². The molecule has 1 N–H and O–H groups in total. The first-order valence-corrected chi connectivity index (χ1v) is 15.1. The zero-order chi connectivity index (χ0) is 32.2. The first kappa shape index (κ1) is 33.0. The largest absolute Gasteiger partial charge is 0.488 e. The quantitative estimate of drug-likeness (QED) is 0.236. The number of rotatable bonds is 10. The first-order valence-electron chi connectivity index (χ1n) is 15.1. The third kappa shape index (κ3) is 8.17. The molecule has 0 saturated carbocycles. The van der Waals surface area contributed by atoms with Gasteiger partial charge in [0, 0.05) is 17.0 Å². The minimum Gasteiger partial charge on any atom is -0.488 e. The summed E-state index contributed by atoms with van der Waals surface area (Å²) in [5.41, 5.74) is 6.81. The van der Waals surface area contributed by atoms with E-state index in [0.29, 0.717) is 36.7 Å². The Morgan fingerprint density at radius 3 is 2.32 bits per heavy atom. The van der Waals surface area contributed by atoms with Crippen LogP contribution in [0, 0.1) is 33.5 Å². The van der Waals surface area contributed by atoms with Crippen molar-refractivity contribution in [3.8, 4) is 16.9 Å². The van der Waals surface area contributed by atoms with Crippen molar-refractivity contribution < 1.29 is 32.9 Å². The van der Waals surface area contributed by atoms with Crippen LogP contribution >= 0.6 is 0 Å². The van der Waals surface area contributed by atoms with E-state index >= 15 is 4.39 Å². The average molecular weight is 606 g/mol. The fourth-order valence-electron chi connectivity index (χ4n) is 5.25. The lowest BCUT2D eigenvalue weighted by atomic mass is 9.88. The van der Waals surface area contributed by atoms with Crippen LogP contribution in [-0.4, -0.2) is 37.5 Å². The molecular formula is C36H44FNO6. The Bertz CT molecular complexity index is 1520. The van der Waals surface area contributed by atoms with E-state index in [1.807, 2.05) is 13.0 Å². The highest BCUT2D eigenvalue weighted by Gasteiger charge is 2.28. The topological polar surface area (TPSA) is 83.1 Å². The molecule has 0 unspecified atom stereocenters. The van der Waals surface area contributed by atoms with Crippen LogP contribution in [0.4, 0.5) is 9.18 Å². The van der Waals surface area contributed by atoms with Gasteiger partial charge in [-0.25, -0.2) is 9.18 Å². The van der Waals surface area contributed by atoms with E-state index in [-0.39, 0.29) is 24.5 Å². The molecule has 44 heavy (non-hydrogen) atoms. The SMILES string of the molecule is CCOC(=O)C[C@H](NC(=O)OC(C)(C)C)c1cc(-c2c(C)cc(C3COC3)cc2OCc2ccc(C)c(C)c2)cc(C)c1F. The monoisotopic (exact) mass is 605 g/mol. The summed E-state index contributed by atoms with van der Waals surface area (Å²) < 4.78 is 38.4. The number of hydrogen-bond donors (Lipinski definition) is 1. The van der Waals surface area contributed by atoms with Crippen LogP contribution in [0.15, 0.2) is 42.5 Å². The highest BCUT2D eigenvalue weighted by Crippen LogP contribution is 2.40. The zero-order valence-corrected chi connectivity index (χ0v) is 27.1. The van der Waals surface area contributed by atoms with Gasteiger partial charge in [0.05, 0.1) is 32.3 Å². The van der Waals surface area contributed by atoms with Crippen molar-refractivity contribution in [3.05, 3.63) is 87.2 Å². The lowest BCUT2D eigenvalue weighted by Gasteiger charge is -2.28. The van der Waals surface area contributed by atoms with Crippen molar-refractivity contribution in [2.75, 3.05) is 19.8 Å². The Morgan fingerprint density at radius 1 is 0.977 bits per heavy atom. The van der Waals surface area contributed by atoms with Crippen LogP contribution in [0.25, 0.3) is 11.1 Å². The smallest absolute Gasteiger partial charge is 0.408 e. The van der Waals surface area contributed by atoms with Crippen LogP contribution in [0.1, 0.15) is 85.0 Å². The molecule has 1 amide bonds. The van der Waals surface area contributed by atoms with E-state index in [1.165, 1.54) is 11.1 Å². The van der Waals surface area contributed by atoms with E-state index in [2.05, 4.69) is 43.4 Å². The van der Waals surface area contributed by atoms with Crippen molar-refractivity contribution in [2.24, 2.45) is 0 Å². The minimum absolute atomic E-state index is 0.162. The fraction of sp³-hybridized carbons (Fsp3) is 0.444. The zero-order valence-electron chi connectivity index (χ0n) is 27.1. The molecule has 236 valence electrons. The number of nitrogens with one attached hydrogen (secondary N) is 1. The summed E-state index contributed by atoms with van der Waals surface area (Å²) in [4.78, 5) is 25.4. The third-order valence-electron chi connectivity index (χ3n) is 7.71. The van der Waals surface area contributed by atoms with Gasteiger partial charge in [-0.3, -0.25) is 4.79 Å². The summed E-state index contributed by atoms with van der Waals surface area (Å²) in [6, 6.07) is 12.9. The van der Waals surface area contributed by atoms with Gasteiger partial charge < -0.3 is 24.3 Å². The summed E-state index contributed by atoms with van der Waals surface area (Å²) in [5, 5.41) is 2.70. The summed E-state index contributed by atoms with van der Waals surface area (Å²) >= 11 is 0. The second kappa shape index (κ2) is 13.8. The van der Waals surface area contributed by atoms with Gasteiger partial charge >= 0.3 is 12.1 Å². The van der Waals surface area contributed by atoms with Crippen LogP contribution < -0.4 is 10.1 Å². The molecule has 7 nitrogen and oxygen atoms in total. The molecular weight excluding hydrogens is 561 g/mol. The van der Waals surface area contributed by atoms with E-state index < -0.39 is 29.5 Å². The molecule has 0 bridgehead atoms. The molecule has 8 heteroatoms. The number of alkyl carbamates (subject to hydrolysis) is 1. The van der Waals surface area contributed by atoms with Crippen molar-refractivity contribution in [1.82, 2.24) is 5.32 Å². The van der Waals surface area contributed by atoms with Crippen LogP contribution in [0.5, 0.6) is 5.75 Å². The van der Waals surface area contributed by atoms with E-state index in [1.54, 1.807) is 46.8 Å². The number of ether oxygens (including phenoxy) is 4. The predicted molar refractivity (Wildman–Crippen MR) is 168 cm³/mol. The number of halogens is 1. The molecule has 1 saturated heterocycles. The molecule has 0 aliphatic carbocycles. The summed E-state index contributed by atoms with van der Waals surface area (Å²) in [6.45, 7) is 16.6. The molecule has 4 rings (SSSR count). The maximum atomic E-state index is 15.8. The molecule has 0 radical (unpaired) electrons. The molecule has 1 aliphatic heterocycles. The Hall–Kier alpha value is -3.91. The van der Waals surface area contributed by atoms with Crippen molar-refractivity contribution in [1.29, 1.82) is 0 Å². The third-order valence-corrected chi connectivity index (χ3v) is 7.71. The Balaban J connectivity index is 1.78. The lowest BCUT2D eigenvalue weighted by Crippen LogP contribution is -2.36. The summed E-state index contributed by atoms with van der Waals surface area (Å²) in [6.07, 6.45) is -1.02. The Morgan fingerprint density at radius 2 is 1.70 bits per heavy atom. The van der Waals surface area contributed by atoms with Gasteiger partial charge in [-0.05, 0) is 113 Å². The molecule has 0 aromatic heterocycles. The van der Waals surface area contributed by atoms with Crippen LogP contribution in [-0.2, 0) is 25.6 Å². The second-order valence-electron chi connectivity index (χ2n) is 12.6. The van der Waals surface area contributed by atoms with E-state index in [0.717, 1.165) is 22.3 Å². The molecule has 3 aromatic rings. The highest BCUT2D eigenvalue weighted by molar-refractivity contribution is 5.77. The maximum Gasteiger partial charge on any atom is 0.408 e. The number of carbonyl (C=O) groups is 2. The maximum absolute atomic E-state index is 15.8. The predicted octanol–water partition coefficient (Wildman–Crippen LogP) is 7.94. The molecule has 3 aromatic carbocycles. The minimum atomic E-state index is -1.02. The van der Waals surface area contributed by atoms with Gasteiger partial charge in [0.15, 0.2) is 0 Å². The number of amides is 1. The van der Waals surface area contributed by atoms with Crippen molar-refractivity contribution in [2.45, 2.75) is 86.0 Å². The Kier molecular flexibility index (Phi) is 10.4. The molecule has 1 heterocycles. The summed E-state index contributed by atoms with van der Waals surface area (Å²) in [7, 11) is 0. The van der Waals surface area contributed by atoms with Crippen molar-refractivity contribution >= 4 is 12.1 Å². The molecule has 1 fully saturated rings. The average Bonchev–Trinajstić information content (AvgIpc) is 2.88. The number of benzene rings is 3. The normalized spacial score (nSPS) is 14.0. The second-order valence-corrected chi connectivity index (χ2v) is 12.6. The van der Waals surface area contributed by atoms with Gasteiger partial charge in [-0.15, -0.1) is 0 Å². The highest BCUT2D eigenvalue weighted by atomic mass is 19.1. The molecule has 1 atom stereocenters. The fourth-order valence-corrected chi connectivity index (χ4v) is 5.25. The van der Waals surface area contributed by atoms with Gasteiger partial charge in [0.1, 0.15) is 23.8 Å².